The van der Waals surface area contributed by atoms with Crippen LogP contribution in [-0.2, 0) is 4.74 Å². The van der Waals surface area contributed by atoms with E-state index in [1.54, 1.807) is 6.26 Å². The van der Waals surface area contributed by atoms with E-state index in [2.05, 4.69) is 34.8 Å². The number of pyridine rings is 1. The van der Waals surface area contributed by atoms with Gasteiger partial charge in [0.25, 0.3) is 0 Å². The maximum atomic E-state index is 5.85. The molecule has 0 bridgehead atoms. The van der Waals surface area contributed by atoms with Crippen molar-refractivity contribution in [1.82, 2.24) is 15.0 Å². The molecule has 0 aromatic carbocycles. The molecule has 27 heavy (non-hydrogen) atoms. The first kappa shape index (κ1) is 17.7. The van der Waals surface area contributed by atoms with E-state index in [1.807, 2.05) is 38.4 Å². The summed E-state index contributed by atoms with van der Waals surface area (Å²) in [7, 11) is 0. The van der Waals surface area contributed by atoms with Gasteiger partial charge in [0.05, 0.1) is 24.2 Å². The Balaban J connectivity index is 1.82. The van der Waals surface area contributed by atoms with Gasteiger partial charge in [0.1, 0.15) is 5.76 Å². The second kappa shape index (κ2) is 7.12. The van der Waals surface area contributed by atoms with E-state index in [0.717, 1.165) is 52.9 Å². The monoisotopic (exact) mass is 364 g/mol. The standard InChI is InChI=1S/C21H24N4O2/c1-13-9-17(5-7-22-13)19-10-23-21(25-11-14(2)27-15(3)12-25)24-20(19)18-6-8-26-16(18)4/h5-10,14-15H,11-12H2,1-4H3/t14-,15?/m0/s1. The molecule has 1 saturated heterocycles. The molecule has 1 aliphatic heterocycles. The molecule has 3 aromatic heterocycles. The zero-order valence-corrected chi connectivity index (χ0v) is 16.1. The van der Waals surface area contributed by atoms with Crippen molar-refractivity contribution < 1.29 is 9.15 Å². The fraction of sp³-hybridized carbons (Fsp3) is 0.381. The zero-order valence-electron chi connectivity index (χ0n) is 16.1. The van der Waals surface area contributed by atoms with E-state index >= 15 is 0 Å². The summed E-state index contributed by atoms with van der Waals surface area (Å²) in [5.74, 6) is 1.57. The Bertz CT molecular complexity index is 943. The third-order valence-corrected chi connectivity index (χ3v) is 4.80. The quantitative estimate of drug-likeness (QED) is 0.699. The van der Waals surface area contributed by atoms with E-state index in [9.17, 15) is 0 Å². The molecule has 0 aliphatic carbocycles. The lowest BCUT2D eigenvalue weighted by atomic mass is 10.0. The summed E-state index contributed by atoms with van der Waals surface area (Å²) in [4.78, 5) is 16.1. The van der Waals surface area contributed by atoms with E-state index in [0.29, 0.717) is 0 Å². The average Bonchev–Trinajstić information content (AvgIpc) is 3.06. The second-order valence-electron chi connectivity index (χ2n) is 7.17. The predicted molar refractivity (Wildman–Crippen MR) is 105 cm³/mol. The third kappa shape index (κ3) is 3.57. The summed E-state index contributed by atoms with van der Waals surface area (Å²) in [5.41, 5.74) is 4.85. The van der Waals surface area contributed by atoms with Gasteiger partial charge in [-0.25, -0.2) is 9.97 Å². The van der Waals surface area contributed by atoms with Crippen LogP contribution < -0.4 is 4.90 Å². The minimum absolute atomic E-state index is 0.152. The minimum atomic E-state index is 0.152. The number of hydrogen-bond acceptors (Lipinski definition) is 6. The van der Waals surface area contributed by atoms with Gasteiger partial charge < -0.3 is 14.1 Å². The first-order valence-electron chi connectivity index (χ1n) is 9.26. The lowest BCUT2D eigenvalue weighted by molar-refractivity contribution is -0.00571. The first-order chi connectivity index (χ1) is 13.0. The summed E-state index contributed by atoms with van der Waals surface area (Å²) >= 11 is 0. The molecule has 3 aromatic rings. The van der Waals surface area contributed by atoms with E-state index in [4.69, 9.17) is 14.1 Å². The van der Waals surface area contributed by atoms with Crippen LogP contribution in [0.2, 0.25) is 0 Å². The maximum absolute atomic E-state index is 5.85. The molecule has 4 rings (SSSR count). The highest BCUT2D eigenvalue weighted by molar-refractivity contribution is 5.81. The molecule has 0 amide bonds. The largest absolute Gasteiger partial charge is 0.469 e. The number of morpholine rings is 1. The van der Waals surface area contributed by atoms with Gasteiger partial charge in [0.2, 0.25) is 5.95 Å². The summed E-state index contributed by atoms with van der Waals surface area (Å²) < 4.78 is 11.4. The smallest absolute Gasteiger partial charge is 0.226 e. The van der Waals surface area contributed by atoms with E-state index < -0.39 is 0 Å². The van der Waals surface area contributed by atoms with Crippen LogP contribution in [0.4, 0.5) is 5.95 Å². The van der Waals surface area contributed by atoms with Gasteiger partial charge in [-0.3, -0.25) is 4.98 Å². The Kier molecular flexibility index (Phi) is 4.66. The van der Waals surface area contributed by atoms with Gasteiger partial charge >= 0.3 is 0 Å². The normalized spacial score (nSPS) is 20.1. The van der Waals surface area contributed by atoms with Gasteiger partial charge in [-0.2, -0.15) is 0 Å². The minimum Gasteiger partial charge on any atom is -0.469 e. The van der Waals surface area contributed by atoms with Crippen molar-refractivity contribution in [2.24, 2.45) is 0 Å². The van der Waals surface area contributed by atoms with Crippen LogP contribution in [0.5, 0.6) is 0 Å². The molecule has 1 aliphatic rings. The fourth-order valence-electron chi connectivity index (χ4n) is 3.63. The zero-order chi connectivity index (χ0) is 19.0. The number of ether oxygens (including phenoxy) is 1. The van der Waals surface area contributed by atoms with Crippen molar-refractivity contribution in [3.8, 4) is 22.4 Å². The molecule has 0 saturated carbocycles. The molecule has 0 radical (unpaired) electrons. The predicted octanol–water partition coefficient (Wildman–Crippen LogP) is 4.03. The number of aryl methyl sites for hydroxylation is 2. The highest BCUT2D eigenvalue weighted by Crippen LogP contribution is 2.34. The van der Waals surface area contributed by atoms with Crippen molar-refractivity contribution in [3.63, 3.8) is 0 Å². The van der Waals surface area contributed by atoms with Crippen molar-refractivity contribution in [2.75, 3.05) is 18.0 Å². The second-order valence-corrected chi connectivity index (χ2v) is 7.17. The molecule has 0 spiro atoms. The summed E-state index contributed by atoms with van der Waals surface area (Å²) in [5, 5.41) is 0. The average molecular weight is 364 g/mol. The van der Waals surface area contributed by atoms with Crippen molar-refractivity contribution in [3.05, 3.63) is 48.3 Å². The van der Waals surface area contributed by atoms with E-state index in [-0.39, 0.29) is 12.2 Å². The van der Waals surface area contributed by atoms with Crippen LogP contribution in [-0.4, -0.2) is 40.2 Å². The lowest BCUT2D eigenvalue weighted by Crippen LogP contribution is -2.46. The Morgan fingerprint density at radius 3 is 2.48 bits per heavy atom. The maximum Gasteiger partial charge on any atom is 0.226 e. The van der Waals surface area contributed by atoms with Gasteiger partial charge in [-0.1, -0.05) is 0 Å². The van der Waals surface area contributed by atoms with Crippen LogP contribution >= 0.6 is 0 Å². The van der Waals surface area contributed by atoms with Crippen molar-refractivity contribution in [2.45, 2.75) is 39.9 Å². The fourth-order valence-corrected chi connectivity index (χ4v) is 3.63. The van der Waals surface area contributed by atoms with Crippen molar-refractivity contribution in [1.29, 1.82) is 0 Å². The summed E-state index contributed by atoms with van der Waals surface area (Å²) in [6.45, 7) is 9.66. The van der Waals surface area contributed by atoms with Gasteiger partial charge in [0.15, 0.2) is 0 Å². The van der Waals surface area contributed by atoms with Gasteiger partial charge in [-0.05, 0) is 51.5 Å². The topological polar surface area (TPSA) is 64.3 Å². The van der Waals surface area contributed by atoms with Crippen LogP contribution in [0.25, 0.3) is 22.4 Å². The summed E-state index contributed by atoms with van der Waals surface area (Å²) in [6.07, 6.45) is 5.73. The van der Waals surface area contributed by atoms with E-state index in [1.165, 1.54) is 0 Å². The Morgan fingerprint density at radius 1 is 1.04 bits per heavy atom. The molecular formula is C21H24N4O2. The number of furan rings is 1. The van der Waals surface area contributed by atoms with Crippen LogP contribution in [0, 0.1) is 13.8 Å². The molecule has 4 heterocycles. The molecule has 0 N–H and O–H groups in total. The van der Waals surface area contributed by atoms with Crippen molar-refractivity contribution >= 4 is 5.95 Å². The third-order valence-electron chi connectivity index (χ3n) is 4.80. The number of rotatable bonds is 3. The first-order valence-corrected chi connectivity index (χ1v) is 9.26. The van der Waals surface area contributed by atoms with Crippen LogP contribution in [0.15, 0.2) is 41.3 Å². The van der Waals surface area contributed by atoms with Crippen LogP contribution in [0.3, 0.4) is 0 Å². The SMILES string of the molecule is Cc1cc(-c2cnc(N3CC(C)O[C@@H](C)C3)nc2-c2ccoc2C)ccn1. The number of anilines is 1. The molecular weight excluding hydrogens is 340 g/mol. The highest BCUT2D eigenvalue weighted by atomic mass is 16.5. The summed E-state index contributed by atoms with van der Waals surface area (Å²) in [6, 6.07) is 6.00. The Hall–Kier alpha value is -2.73. The molecule has 6 heteroatoms. The lowest BCUT2D eigenvalue weighted by Gasteiger charge is -2.35. The molecule has 2 atom stereocenters. The molecule has 6 nitrogen and oxygen atoms in total. The number of nitrogens with zero attached hydrogens (tertiary/aromatic N) is 4. The number of hydrogen-bond donors (Lipinski definition) is 0. The number of aromatic nitrogens is 3. The Morgan fingerprint density at radius 2 is 1.81 bits per heavy atom. The Labute approximate surface area is 159 Å². The molecule has 140 valence electrons. The van der Waals surface area contributed by atoms with Crippen LogP contribution in [0.1, 0.15) is 25.3 Å². The van der Waals surface area contributed by atoms with Gasteiger partial charge in [-0.15, -0.1) is 0 Å². The highest BCUT2D eigenvalue weighted by Gasteiger charge is 2.25. The molecule has 1 unspecified atom stereocenters. The van der Waals surface area contributed by atoms with Gasteiger partial charge in [0, 0.05) is 42.3 Å². The molecule has 1 fully saturated rings.